The molecule has 0 unspecified atom stereocenters. The van der Waals surface area contributed by atoms with E-state index in [2.05, 4.69) is 15.3 Å². The largest absolute Gasteiger partial charge is 0.344 e. The lowest BCUT2D eigenvalue weighted by molar-refractivity contribution is -0.138. The van der Waals surface area contributed by atoms with Gasteiger partial charge in [0.15, 0.2) is 0 Å². The molecule has 0 aliphatic heterocycles. The Morgan fingerprint density at radius 3 is 2.53 bits per heavy atom. The molecule has 8 heteroatoms. The highest BCUT2D eigenvalue weighted by Gasteiger charge is 2.28. The molecule has 3 rings (SSSR count). The predicted octanol–water partition coefficient (Wildman–Crippen LogP) is 3.31. The average molecular weight is 455 g/mol. The van der Waals surface area contributed by atoms with E-state index in [1.54, 1.807) is 23.1 Å². The standard InChI is InChI=1S/C24H27ClN4O3/c1-4-29(14-20-26-19-13-17(25)10-11-18(19)23(31)27-20)24(32)22(15(2)3)28-21(30)12-16-8-6-5-7-9-16/h5-11,13,15,22H,4,12,14H2,1-3H3,(H,28,30)(H,26,27,31)/t22-/m1/s1. The minimum absolute atomic E-state index is 0.112. The number of rotatable bonds is 8. The lowest BCUT2D eigenvalue weighted by Crippen LogP contribution is -2.51. The van der Waals surface area contributed by atoms with E-state index in [-0.39, 0.29) is 36.3 Å². The van der Waals surface area contributed by atoms with Crippen LogP contribution in [0, 0.1) is 5.92 Å². The summed E-state index contributed by atoms with van der Waals surface area (Å²) in [7, 11) is 0. The molecule has 2 N–H and O–H groups in total. The summed E-state index contributed by atoms with van der Waals surface area (Å²) in [5, 5.41) is 3.78. The van der Waals surface area contributed by atoms with Crippen LogP contribution in [0.4, 0.5) is 0 Å². The van der Waals surface area contributed by atoms with Gasteiger partial charge >= 0.3 is 0 Å². The number of carbonyl (C=O) groups is 2. The van der Waals surface area contributed by atoms with Crippen molar-refractivity contribution in [3.63, 3.8) is 0 Å². The summed E-state index contributed by atoms with van der Waals surface area (Å²) in [4.78, 5) is 47.0. The van der Waals surface area contributed by atoms with Crippen molar-refractivity contribution in [1.29, 1.82) is 0 Å². The Labute approximate surface area is 191 Å². The van der Waals surface area contributed by atoms with Crippen LogP contribution in [0.15, 0.2) is 53.3 Å². The summed E-state index contributed by atoms with van der Waals surface area (Å²) in [5.41, 5.74) is 1.06. The van der Waals surface area contributed by atoms with Gasteiger partial charge in [-0.05, 0) is 36.6 Å². The summed E-state index contributed by atoms with van der Waals surface area (Å²) in [6.07, 6.45) is 0.198. The highest BCUT2D eigenvalue weighted by atomic mass is 35.5. The first-order chi connectivity index (χ1) is 15.3. The fourth-order valence-corrected chi connectivity index (χ4v) is 3.64. The van der Waals surface area contributed by atoms with Crippen LogP contribution in [0.3, 0.4) is 0 Å². The number of halogens is 1. The second kappa shape index (κ2) is 10.4. The number of nitrogens with zero attached hydrogens (tertiary/aromatic N) is 2. The van der Waals surface area contributed by atoms with Gasteiger partial charge in [0.25, 0.3) is 5.56 Å². The minimum Gasteiger partial charge on any atom is -0.344 e. The molecular formula is C24H27ClN4O3. The van der Waals surface area contributed by atoms with Crippen LogP contribution in [-0.2, 0) is 22.6 Å². The Bertz CT molecular complexity index is 1160. The van der Waals surface area contributed by atoms with Gasteiger partial charge in [0, 0.05) is 11.6 Å². The maximum atomic E-state index is 13.3. The number of hydrogen-bond donors (Lipinski definition) is 2. The van der Waals surface area contributed by atoms with Gasteiger partial charge in [-0.15, -0.1) is 0 Å². The number of aromatic nitrogens is 2. The van der Waals surface area contributed by atoms with Crippen LogP contribution in [-0.4, -0.2) is 39.3 Å². The van der Waals surface area contributed by atoms with Gasteiger partial charge in [-0.1, -0.05) is 55.8 Å². The summed E-state index contributed by atoms with van der Waals surface area (Å²) < 4.78 is 0. The Kier molecular flexibility index (Phi) is 7.64. The van der Waals surface area contributed by atoms with Crippen molar-refractivity contribution in [3.8, 4) is 0 Å². The third-order valence-electron chi connectivity index (χ3n) is 5.21. The lowest BCUT2D eigenvalue weighted by Gasteiger charge is -2.29. The number of H-pyrrole nitrogens is 1. The van der Waals surface area contributed by atoms with Crippen LogP contribution < -0.4 is 10.9 Å². The Balaban J connectivity index is 1.77. The Morgan fingerprint density at radius 2 is 1.88 bits per heavy atom. The van der Waals surface area contributed by atoms with E-state index < -0.39 is 6.04 Å². The molecule has 0 saturated heterocycles. The summed E-state index contributed by atoms with van der Waals surface area (Å²) >= 11 is 6.03. The zero-order valence-corrected chi connectivity index (χ0v) is 19.1. The third-order valence-corrected chi connectivity index (χ3v) is 5.44. The van der Waals surface area contributed by atoms with Gasteiger partial charge in [0.05, 0.1) is 23.9 Å². The molecule has 32 heavy (non-hydrogen) atoms. The molecular weight excluding hydrogens is 428 g/mol. The summed E-state index contributed by atoms with van der Waals surface area (Å²) in [6, 6.07) is 13.6. The number of carbonyl (C=O) groups excluding carboxylic acids is 2. The number of nitrogens with one attached hydrogen (secondary N) is 2. The maximum Gasteiger partial charge on any atom is 0.258 e. The Morgan fingerprint density at radius 1 is 1.16 bits per heavy atom. The molecule has 7 nitrogen and oxygen atoms in total. The van der Waals surface area contributed by atoms with Crippen LogP contribution in [0.25, 0.3) is 10.9 Å². The molecule has 0 aliphatic rings. The summed E-state index contributed by atoms with van der Waals surface area (Å²) in [5.74, 6) is -0.194. The SMILES string of the molecule is CCN(Cc1nc2cc(Cl)ccc2c(=O)[nH]1)C(=O)[C@H](NC(=O)Cc1ccccc1)C(C)C. The molecule has 0 fully saturated rings. The van der Waals surface area contributed by atoms with Gasteiger partial charge < -0.3 is 15.2 Å². The number of likely N-dealkylation sites (N-methyl/N-ethyl adjacent to an activating group) is 1. The molecule has 1 aromatic heterocycles. The molecule has 0 saturated carbocycles. The van der Waals surface area contributed by atoms with Crippen molar-refractivity contribution >= 4 is 34.3 Å². The van der Waals surface area contributed by atoms with Crippen molar-refractivity contribution in [2.75, 3.05) is 6.54 Å². The van der Waals surface area contributed by atoms with Gasteiger partial charge in [-0.3, -0.25) is 14.4 Å². The highest BCUT2D eigenvalue weighted by Crippen LogP contribution is 2.16. The molecule has 3 aromatic rings. The van der Waals surface area contributed by atoms with Crippen molar-refractivity contribution in [2.45, 2.75) is 39.8 Å². The zero-order valence-electron chi connectivity index (χ0n) is 18.4. The molecule has 1 atom stereocenters. The van der Waals surface area contributed by atoms with E-state index in [0.29, 0.717) is 28.3 Å². The van der Waals surface area contributed by atoms with Crippen molar-refractivity contribution < 1.29 is 9.59 Å². The molecule has 0 bridgehead atoms. The number of fused-ring (bicyclic) bond motifs is 1. The number of aromatic amines is 1. The molecule has 168 valence electrons. The number of amides is 2. The van der Waals surface area contributed by atoms with Gasteiger partial charge in [0.1, 0.15) is 11.9 Å². The number of benzene rings is 2. The normalized spacial score (nSPS) is 12.0. The van der Waals surface area contributed by atoms with Gasteiger partial charge in [0.2, 0.25) is 11.8 Å². The highest BCUT2D eigenvalue weighted by molar-refractivity contribution is 6.31. The van der Waals surface area contributed by atoms with E-state index in [0.717, 1.165) is 5.56 Å². The monoisotopic (exact) mass is 454 g/mol. The van der Waals surface area contributed by atoms with Crippen LogP contribution >= 0.6 is 11.6 Å². The first kappa shape index (κ1) is 23.5. The smallest absolute Gasteiger partial charge is 0.258 e. The Hall–Kier alpha value is -3.19. The van der Waals surface area contributed by atoms with E-state index in [4.69, 9.17) is 11.6 Å². The fraction of sp³-hybridized carbons (Fsp3) is 0.333. The van der Waals surface area contributed by atoms with Crippen molar-refractivity contribution in [2.24, 2.45) is 5.92 Å². The van der Waals surface area contributed by atoms with E-state index >= 15 is 0 Å². The quantitative estimate of drug-likeness (QED) is 0.545. The van der Waals surface area contributed by atoms with Crippen LogP contribution in [0.5, 0.6) is 0 Å². The fourth-order valence-electron chi connectivity index (χ4n) is 3.48. The molecule has 1 heterocycles. The molecule has 0 aliphatic carbocycles. The zero-order chi connectivity index (χ0) is 23.3. The van der Waals surface area contributed by atoms with E-state index in [1.807, 2.05) is 51.1 Å². The molecule has 0 spiro atoms. The van der Waals surface area contributed by atoms with Gasteiger partial charge in [-0.2, -0.15) is 0 Å². The third kappa shape index (κ3) is 5.73. The lowest BCUT2D eigenvalue weighted by atomic mass is 10.0. The van der Waals surface area contributed by atoms with Crippen molar-refractivity contribution in [3.05, 3.63) is 75.3 Å². The second-order valence-electron chi connectivity index (χ2n) is 7.98. The van der Waals surface area contributed by atoms with Crippen molar-refractivity contribution in [1.82, 2.24) is 20.2 Å². The first-order valence-electron chi connectivity index (χ1n) is 10.6. The average Bonchev–Trinajstić information content (AvgIpc) is 2.75. The number of hydrogen-bond acceptors (Lipinski definition) is 4. The topological polar surface area (TPSA) is 95.2 Å². The maximum absolute atomic E-state index is 13.3. The second-order valence-corrected chi connectivity index (χ2v) is 8.41. The predicted molar refractivity (Wildman–Crippen MR) is 125 cm³/mol. The van der Waals surface area contributed by atoms with Crippen LogP contribution in [0.2, 0.25) is 5.02 Å². The summed E-state index contributed by atoms with van der Waals surface area (Å²) in [6.45, 7) is 6.13. The van der Waals surface area contributed by atoms with E-state index in [9.17, 15) is 14.4 Å². The molecule has 0 radical (unpaired) electrons. The minimum atomic E-state index is -0.687. The molecule has 2 aromatic carbocycles. The molecule has 2 amide bonds. The first-order valence-corrected chi connectivity index (χ1v) is 11.0. The van der Waals surface area contributed by atoms with E-state index in [1.165, 1.54) is 0 Å². The van der Waals surface area contributed by atoms with Gasteiger partial charge in [-0.25, -0.2) is 4.98 Å². The van der Waals surface area contributed by atoms with Crippen LogP contribution in [0.1, 0.15) is 32.2 Å².